The van der Waals surface area contributed by atoms with Gasteiger partial charge >= 0.3 is 84.1 Å². The van der Waals surface area contributed by atoms with Gasteiger partial charge in [0.2, 0.25) is 0 Å². The molecule has 0 unspecified atom stereocenters. The number of amides is 4. The quantitative estimate of drug-likeness (QED) is 0.0266. The molecule has 336 valence electrons. The Morgan fingerprint density at radius 1 is 0.714 bits per heavy atom. The van der Waals surface area contributed by atoms with Gasteiger partial charge in [-0.05, 0) is 11.1 Å². The van der Waals surface area contributed by atoms with Crippen LogP contribution in [0, 0.1) is 0 Å². The summed E-state index contributed by atoms with van der Waals surface area (Å²) in [5, 5.41) is 49.8. The number of aromatic nitrogens is 2. The summed E-state index contributed by atoms with van der Waals surface area (Å²) in [4.78, 5) is 82.3. The zero-order valence-electron chi connectivity index (χ0n) is 31.4. The molecule has 63 heavy (non-hydrogen) atoms. The number of carboxylic acid groups (broad SMARTS) is 2. The van der Waals surface area contributed by atoms with Crippen LogP contribution in [0.2, 0.25) is 0 Å². The Balaban J connectivity index is 0.000000352. The number of carbonyl (C=O) groups is 6. The van der Waals surface area contributed by atoms with E-state index in [4.69, 9.17) is 56.9 Å². The number of allylic oxidation sites excluding steroid dienone is 2. The second-order valence-corrected chi connectivity index (χ2v) is 17.2. The predicted molar refractivity (Wildman–Crippen MR) is 218 cm³/mol. The molecule has 2 aromatic rings. The number of nitrogen functional groups attached to an aromatic ring is 2. The van der Waals surface area contributed by atoms with Gasteiger partial charge in [-0.3, -0.25) is 47.2 Å². The summed E-state index contributed by atoms with van der Waals surface area (Å²) in [6.45, 7) is 7.12. The van der Waals surface area contributed by atoms with Crippen molar-refractivity contribution in [2.75, 3.05) is 23.0 Å². The van der Waals surface area contributed by atoms with Crippen molar-refractivity contribution in [2.24, 2.45) is 10.3 Å². The third-order valence-corrected chi connectivity index (χ3v) is 11.6. The van der Waals surface area contributed by atoms with Gasteiger partial charge in [0, 0.05) is 22.3 Å². The molecule has 0 bridgehead atoms. The van der Waals surface area contributed by atoms with Crippen molar-refractivity contribution < 1.29 is 136 Å². The molecule has 4 aliphatic heterocycles. The van der Waals surface area contributed by atoms with E-state index in [-0.39, 0.29) is 95.9 Å². The number of nitrogens with two attached hydrogens (primary N) is 2. The van der Waals surface area contributed by atoms with Crippen molar-refractivity contribution in [3.05, 3.63) is 70.0 Å². The molecule has 4 aliphatic rings. The number of fused-ring (bicyclic) bond motifs is 2. The van der Waals surface area contributed by atoms with E-state index in [9.17, 15) is 39.0 Å². The van der Waals surface area contributed by atoms with Crippen LogP contribution in [0.5, 0.6) is 0 Å². The fraction of sp³-hybridized carbons (Fsp3) is 0.214. The maximum Gasteiger partial charge on any atom is 1.00 e. The Morgan fingerprint density at radius 3 is 1.24 bits per heavy atom. The van der Waals surface area contributed by atoms with E-state index in [2.05, 4.69) is 44.1 Å². The first-order chi connectivity index (χ1) is 28.8. The molecule has 35 heteroatoms. The molecule has 6 rings (SSSR count). The third kappa shape index (κ3) is 14.3. The van der Waals surface area contributed by atoms with Gasteiger partial charge in [0.15, 0.2) is 21.7 Å². The number of oxime groups is 2. The Bertz CT molecular complexity index is 2350. The van der Waals surface area contributed by atoms with Crippen LogP contribution in [0.25, 0.3) is 0 Å². The number of thioether (sulfide) groups is 2. The summed E-state index contributed by atoms with van der Waals surface area (Å²) in [6, 6.07) is -1.89. The standard InChI is InChI=1S/2C14H13N5O5S2.K.2H2O4S/c2*1-2-5-3-25-12-8(11(21)19(12)9(5)13(22)23)17-10(20)7(18-24)6-4-26-14(15)16-6;;2*1-5(2,3)4/h2*2,4,8,12,24H,1,3H2,(H2,15,16)(H,17,20)(H,22,23);;2*(H2,1,2,3,4)/q;;+1;;/b2*18-7-;;;/t2*8-,12-;;;/m11.../s1. The smallest absolute Gasteiger partial charge is 0.477 e. The molecule has 14 N–H and O–H groups in total. The normalized spacial score (nSPS) is 20.4. The van der Waals surface area contributed by atoms with Gasteiger partial charge in [0.1, 0.15) is 45.6 Å². The number of nitrogens with zero attached hydrogens (tertiary/aromatic N) is 6. The summed E-state index contributed by atoms with van der Waals surface area (Å²) >= 11 is 4.73. The molecule has 0 spiro atoms. The first-order valence-corrected chi connectivity index (χ1v) is 22.4. The van der Waals surface area contributed by atoms with E-state index in [0.717, 1.165) is 32.5 Å². The van der Waals surface area contributed by atoms with Crippen LogP contribution >= 0.6 is 46.2 Å². The SMILES string of the molecule is C=CC1=C(C(=O)O)N2C(=O)[C@@H](NC(=O)/C(=N\O)c3csc(N)n3)[C@H]2SC1.C=CC1=C(C(=O)O)N2C(=O)[C@@H](NC(=O)/C(=N\O)c3csc(N)n3)[C@H]2SC1.O=S(=O)(O)O.O=S(=O)(O)O.[K+]. The van der Waals surface area contributed by atoms with Crippen LogP contribution < -0.4 is 73.5 Å². The minimum Gasteiger partial charge on any atom is -0.477 e. The van der Waals surface area contributed by atoms with Gasteiger partial charge in [-0.2, -0.15) is 16.8 Å². The first kappa shape index (κ1) is 54.8. The Hall–Kier alpha value is -4.34. The number of β-lactam (4-membered cyclic amide) rings is 2. The summed E-state index contributed by atoms with van der Waals surface area (Å²) in [7, 11) is -9.33. The summed E-state index contributed by atoms with van der Waals surface area (Å²) in [6.07, 6.45) is 2.80. The van der Waals surface area contributed by atoms with Crippen LogP contribution in [-0.4, -0.2) is 157 Å². The molecule has 0 saturated carbocycles. The van der Waals surface area contributed by atoms with Gasteiger partial charge in [-0.25, -0.2) is 19.6 Å². The molecule has 2 aromatic heterocycles. The predicted octanol–water partition coefficient (Wildman–Crippen LogP) is -4.65. The molecule has 0 aliphatic carbocycles. The van der Waals surface area contributed by atoms with Crippen molar-refractivity contribution in [3.63, 3.8) is 0 Å². The van der Waals surface area contributed by atoms with E-state index in [0.29, 0.717) is 22.7 Å². The van der Waals surface area contributed by atoms with Crippen molar-refractivity contribution in [1.29, 1.82) is 0 Å². The monoisotopic (exact) mass is 1020 g/mol. The van der Waals surface area contributed by atoms with E-state index in [1.807, 2.05) is 0 Å². The topological polar surface area (TPSA) is 466 Å². The van der Waals surface area contributed by atoms with Crippen molar-refractivity contribution in [1.82, 2.24) is 30.4 Å². The molecular formula is C28H30KN10O18S6+. The van der Waals surface area contributed by atoms with Gasteiger partial charge in [0.25, 0.3) is 23.6 Å². The molecule has 0 aromatic carbocycles. The van der Waals surface area contributed by atoms with E-state index in [1.165, 1.54) is 46.4 Å². The second-order valence-electron chi connectivity index (χ2n) is 11.4. The maximum atomic E-state index is 12.4. The number of carboxylic acids is 2. The molecular weight excluding hydrogens is 996 g/mol. The first-order valence-electron chi connectivity index (χ1n) is 15.7. The van der Waals surface area contributed by atoms with Gasteiger partial charge in [0.05, 0.1) is 0 Å². The second kappa shape index (κ2) is 23.0. The van der Waals surface area contributed by atoms with Crippen molar-refractivity contribution in [2.45, 2.75) is 22.8 Å². The van der Waals surface area contributed by atoms with E-state index in [1.54, 1.807) is 0 Å². The van der Waals surface area contributed by atoms with Crippen LogP contribution in [0.1, 0.15) is 11.4 Å². The molecule has 4 amide bonds. The number of thiazole rings is 2. The Labute approximate surface area is 412 Å². The fourth-order valence-corrected chi connectivity index (χ4v) is 9.01. The number of rotatable bonds is 10. The molecule has 0 radical (unpaired) electrons. The Morgan fingerprint density at radius 2 is 1.02 bits per heavy atom. The maximum absolute atomic E-state index is 12.4. The van der Waals surface area contributed by atoms with Crippen LogP contribution in [-0.2, 0) is 49.6 Å². The van der Waals surface area contributed by atoms with Gasteiger partial charge < -0.3 is 42.7 Å². The van der Waals surface area contributed by atoms with Crippen molar-refractivity contribution >= 4 is 124 Å². The Kier molecular flexibility index (Phi) is 20.0. The number of hydrogen-bond acceptors (Lipinski definition) is 22. The third-order valence-electron chi connectivity index (χ3n) is 7.63. The van der Waals surface area contributed by atoms with Crippen LogP contribution in [0.15, 0.2) is 68.9 Å². The van der Waals surface area contributed by atoms with Gasteiger partial charge in [-0.1, -0.05) is 35.6 Å². The fourth-order valence-electron chi connectivity index (χ4n) is 5.24. The zero-order valence-corrected chi connectivity index (χ0v) is 39.4. The number of anilines is 2. The number of carbonyl (C=O) groups excluding carboxylic acids is 4. The average molecular weight is 1030 g/mol. The summed E-state index contributed by atoms with van der Waals surface area (Å²) in [5.41, 5.74) is 11.0. The summed E-state index contributed by atoms with van der Waals surface area (Å²) in [5.74, 6) is -4.55. The van der Waals surface area contributed by atoms with E-state index >= 15 is 0 Å². The number of nitrogens with one attached hydrogen (secondary N) is 2. The largest absolute Gasteiger partial charge is 1.00 e. The molecule has 28 nitrogen and oxygen atoms in total. The average Bonchev–Trinajstić information content (AvgIpc) is 3.81. The van der Waals surface area contributed by atoms with E-state index < -0.39 is 79.2 Å². The van der Waals surface area contributed by atoms with Crippen LogP contribution in [0.4, 0.5) is 10.3 Å². The van der Waals surface area contributed by atoms with Crippen LogP contribution in [0.3, 0.4) is 0 Å². The van der Waals surface area contributed by atoms with Crippen molar-refractivity contribution in [3.8, 4) is 0 Å². The minimum absolute atomic E-state index is 0. The minimum atomic E-state index is -4.67. The summed E-state index contributed by atoms with van der Waals surface area (Å²) < 4.78 is 63.2. The molecule has 6 heterocycles. The molecule has 4 atom stereocenters. The molecule has 2 fully saturated rings. The number of aliphatic carboxylic acids is 2. The number of hydrogen-bond donors (Lipinski definition) is 12. The van der Waals surface area contributed by atoms with Gasteiger partial charge in [-0.15, -0.1) is 46.2 Å². The molecule has 2 saturated heterocycles. The zero-order chi connectivity index (χ0) is 47.0.